The molecule has 0 aromatic rings. The van der Waals surface area contributed by atoms with Crippen molar-refractivity contribution < 1.29 is 14.6 Å². The Morgan fingerprint density at radius 2 is 2.60 bits per heavy atom. The van der Waals surface area contributed by atoms with Crippen LogP contribution in [0.5, 0.6) is 0 Å². The van der Waals surface area contributed by atoms with E-state index in [-0.39, 0.29) is 0 Å². The first kappa shape index (κ1) is 8.72. The molecule has 0 aliphatic carbocycles. The third-order valence-corrected chi connectivity index (χ3v) is 0.705. The van der Waals surface area contributed by atoms with Gasteiger partial charge in [0.2, 0.25) is 6.23 Å². The van der Waals surface area contributed by atoms with Crippen molar-refractivity contribution in [2.24, 2.45) is 0 Å². The topological polar surface area (TPSA) is 82.3 Å². The third-order valence-electron chi connectivity index (χ3n) is 0.705. The first-order chi connectivity index (χ1) is 4.70. The van der Waals surface area contributed by atoms with E-state index < -0.39 is 12.3 Å². The van der Waals surface area contributed by atoms with Crippen molar-refractivity contribution in [3.05, 3.63) is 0 Å². The summed E-state index contributed by atoms with van der Waals surface area (Å²) < 4.78 is 4.65. The number of hydrogen-bond acceptors (Lipinski definition) is 3. The standard InChI is InChI=1S/C5H8N2O3/c1-2-10-4(3-6)7-5(8)9/h4,7H,2H2,1H3,(H,8,9). The van der Waals surface area contributed by atoms with Gasteiger partial charge in [-0.25, -0.2) is 4.79 Å². The summed E-state index contributed by atoms with van der Waals surface area (Å²) in [6, 6.07) is 1.62. The highest BCUT2D eigenvalue weighted by Crippen LogP contribution is 1.83. The van der Waals surface area contributed by atoms with Gasteiger partial charge in [-0.15, -0.1) is 0 Å². The van der Waals surface area contributed by atoms with E-state index >= 15 is 0 Å². The number of carboxylic acid groups (broad SMARTS) is 1. The Balaban J connectivity index is 3.63. The van der Waals surface area contributed by atoms with E-state index in [2.05, 4.69) is 4.74 Å². The molecule has 0 aliphatic heterocycles. The fraction of sp³-hybridized carbons (Fsp3) is 0.600. The average Bonchev–Trinajstić information content (AvgIpc) is 1.86. The molecule has 0 bridgehead atoms. The molecule has 5 heteroatoms. The Morgan fingerprint density at radius 1 is 2.00 bits per heavy atom. The summed E-state index contributed by atoms with van der Waals surface area (Å²) in [5.74, 6) is 0. The zero-order valence-electron chi connectivity index (χ0n) is 5.50. The normalized spacial score (nSPS) is 11.6. The summed E-state index contributed by atoms with van der Waals surface area (Å²) in [4.78, 5) is 9.90. The molecule has 0 fully saturated rings. The lowest BCUT2D eigenvalue weighted by Gasteiger charge is -2.06. The first-order valence-corrected chi connectivity index (χ1v) is 2.71. The van der Waals surface area contributed by atoms with E-state index in [4.69, 9.17) is 10.4 Å². The molecule has 1 unspecified atom stereocenters. The minimum atomic E-state index is -1.26. The van der Waals surface area contributed by atoms with Gasteiger partial charge in [0, 0.05) is 6.61 Å². The Labute approximate surface area is 58.2 Å². The predicted molar refractivity (Wildman–Crippen MR) is 32.2 cm³/mol. The molecule has 0 rings (SSSR count). The number of nitriles is 1. The molecule has 0 saturated heterocycles. The molecule has 0 saturated carbocycles. The fourth-order valence-electron chi connectivity index (χ4n) is 0.390. The van der Waals surface area contributed by atoms with Crippen molar-refractivity contribution in [1.82, 2.24) is 5.32 Å². The number of ether oxygens (including phenoxy) is 1. The number of carbonyl (C=O) groups is 1. The third kappa shape index (κ3) is 3.69. The lowest BCUT2D eigenvalue weighted by Crippen LogP contribution is -2.34. The maximum Gasteiger partial charge on any atom is 0.407 e. The van der Waals surface area contributed by atoms with Crippen molar-refractivity contribution in [2.45, 2.75) is 13.2 Å². The molecular formula is C5H8N2O3. The predicted octanol–water partition coefficient (Wildman–Crippen LogP) is 0.140. The van der Waals surface area contributed by atoms with Crippen molar-refractivity contribution in [3.8, 4) is 6.07 Å². The van der Waals surface area contributed by atoms with Gasteiger partial charge in [-0.1, -0.05) is 0 Å². The zero-order chi connectivity index (χ0) is 7.98. The van der Waals surface area contributed by atoms with E-state index in [0.717, 1.165) is 0 Å². The number of nitrogens with zero attached hydrogens (tertiary/aromatic N) is 1. The van der Waals surface area contributed by atoms with Gasteiger partial charge in [0.25, 0.3) is 0 Å². The maximum absolute atomic E-state index is 9.90. The molecule has 1 amide bonds. The summed E-state index contributed by atoms with van der Waals surface area (Å²) >= 11 is 0. The number of amides is 1. The van der Waals surface area contributed by atoms with Crippen LogP contribution >= 0.6 is 0 Å². The quantitative estimate of drug-likeness (QED) is 0.552. The minimum absolute atomic E-state index is 0.304. The molecule has 0 spiro atoms. The summed E-state index contributed by atoms with van der Waals surface area (Å²) in [6.07, 6.45) is -2.32. The monoisotopic (exact) mass is 144 g/mol. The Hall–Kier alpha value is -1.28. The van der Waals surface area contributed by atoms with Crippen molar-refractivity contribution in [2.75, 3.05) is 6.61 Å². The van der Waals surface area contributed by atoms with Crippen LogP contribution in [0.2, 0.25) is 0 Å². The second-order valence-electron chi connectivity index (χ2n) is 1.41. The Kier molecular flexibility index (Phi) is 4.00. The maximum atomic E-state index is 9.90. The van der Waals surface area contributed by atoms with Gasteiger partial charge < -0.3 is 9.84 Å². The molecule has 2 N–H and O–H groups in total. The van der Waals surface area contributed by atoms with Gasteiger partial charge in [0.05, 0.1) is 0 Å². The van der Waals surface area contributed by atoms with E-state index in [1.165, 1.54) is 0 Å². The molecule has 0 aliphatic rings. The van der Waals surface area contributed by atoms with Crippen LogP contribution < -0.4 is 5.32 Å². The van der Waals surface area contributed by atoms with E-state index in [1.807, 2.05) is 5.32 Å². The number of rotatable bonds is 3. The van der Waals surface area contributed by atoms with E-state index in [9.17, 15) is 4.79 Å². The van der Waals surface area contributed by atoms with Crippen LogP contribution in [-0.4, -0.2) is 24.0 Å². The second-order valence-corrected chi connectivity index (χ2v) is 1.41. The molecular weight excluding hydrogens is 136 g/mol. The summed E-state index contributed by atoms with van der Waals surface area (Å²) in [7, 11) is 0. The minimum Gasteiger partial charge on any atom is -0.465 e. The van der Waals surface area contributed by atoms with Crippen LogP contribution in [0.4, 0.5) is 4.79 Å². The lowest BCUT2D eigenvalue weighted by molar-refractivity contribution is 0.0754. The molecule has 10 heavy (non-hydrogen) atoms. The molecule has 56 valence electrons. The fourth-order valence-corrected chi connectivity index (χ4v) is 0.390. The number of nitrogens with one attached hydrogen (secondary N) is 1. The van der Waals surface area contributed by atoms with Gasteiger partial charge >= 0.3 is 6.09 Å². The highest BCUT2D eigenvalue weighted by atomic mass is 16.5. The highest BCUT2D eigenvalue weighted by molar-refractivity contribution is 5.65. The van der Waals surface area contributed by atoms with Crippen LogP contribution in [0.3, 0.4) is 0 Å². The summed E-state index contributed by atoms with van der Waals surface area (Å²) in [6.45, 7) is 1.98. The van der Waals surface area contributed by atoms with Gasteiger partial charge in [0.1, 0.15) is 6.07 Å². The average molecular weight is 144 g/mol. The summed E-state index contributed by atoms with van der Waals surface area (Å²) in [5, 5.41) is 18.2. The van der Waals surface area contributed by atoms with Crippen LogP contribution in [-0.2, 0) is 4.74 Å². The first-order valence-electron chi connectivity index (χ1n) is 2.71. The summed E-state index contributed by atoms with van der Waals surface area (Å²) in [5.41, 5.74) is 0. The van der Waals surface area contributed by atoms with Crippen LogP contribution in [0.15, 0.2) is 0 Å². The molecule has 0 aromatic heterocycles. The Bertz CT molecular complexity index is 151. The van der Waals surface area contributed by atoms with Gasteiger partial charge in [-0.3, -0.25) is 5.32 Å². The Morgan fingerprint density at radius 3 is 2.90 bits per heavy atom. The molecule has 1 atom stereocenters. The van der Waals surface area contributed by atoms with Gasteiger partial charge in [-0.2, -0.15) is 5.26 Å². The molecule has 5 nitrogen and oxygen atoms in total. The van der Waals surface area contributed by atoms with E-state index in [0.29, 0.717) is 6.61 Å². The molecule has 0 aromatic carbocycles. The lowest BCUT2D eigenvalue weighted by atomic mass is 10.6. The van der Waals surface area contributed by atoms with Gasteiger partial charge in [-0.05, 0) is 6.92 Å². The van der Waals surface area contributed by atoms with E-state index in [1.54, 1.807) is 13.0 Å². The second kappa shape index (κ2) is 4.58. The van der Waals surface area contributed by atoms with Crippen molar-refractivity contribution in [1.29, 1.82) is 5.26 Å². The zero-order valence-corrected chi connectivity index (χ0v) is 5.50. The van der Waals surface area contributed by atoms with Crippen LogP contribution in [0.25, 0.3) is 0 Å². The molecule has 0 radical (unpaired) electrons. The highest BCUT2D eigenvalue weighted by Gasteiger charge is 2.07. The van der Waals surface area contributed by atoms with Gasteiger partial charge in [0.15, 0.2) is 0 Å². The van der Waals surface area contributed by atoms with Crippen LogP contribution in [0.1, 0.15) is 6.92 Å². The molecule has 0 heterocycles. The number of hydrogen-bond donors (Lipinski definition) is 2. The van der Waals surface area contributed by atoms with Crippen molar-refractivity contribution in [3.63, 3.8) is 0 Å². The SMILES string of the molecule is CCOC(C#N)NC(=O)O. The van der Waals surface area contributed by atoms with Crippen molar-refractivity contribution >= 4 is 6.09 Å². The van der Waals surface area contributed by atoms with Crippen LogP contribution in [0, 0.1) is 11.3 Å². The largest absolute Gasteiger partial charge is 0.465 e. The smallest absolute Gasteiger partial charge is 0.407 e.